The highest BCUT2D eigenvalue weighted by molar-refractivity contribution is 5.01. The van der Waals surface area contributed by atoms with Crippen LogP contribution in [0.2, 0.25) is 0 Å². The maximum atomic E-state index is 10.9. The highest BCUT2D eigenvalue weighted by Crippen LogP contribution is 1.55. The van der Waals surface area contributed by atoms with Crippen LogP contribution in [0, 0.1) is 5.21 Å². The third kappa shape index (κ3) is 1.09. The van der Waals surface area contributed by atoms with E-state index in [4.69, 9.17) is 5.21 Å². The van der Waals surface area contributed by atoms with Gasteiger partial charge in [0, 0.05) is 0 Å². The lowest BCUT2D eigenvalue weighted by atomic mass is 10.3. The lowest BCUT2D eigenvalue weighted by molar-refractivity contribution is 0.300. The fourth-order valence-corrected chi connectivity index (χ4v) is 0.709. The molecular weight excluding hydrogens is 164 g/mol. The highest BCUT2D eigenvalue weighted by Gasteiger charge is 1.97. The molecule has 0 amide bonds. The fraction of sp³-hybridized carbons (Fsp3) is 0. The first-order chi connectivity index (χ1) is 5.70. The standard InChI is InChI=1S/C6H4N2O4/c9-4-2-1-3(7-11)6(10)5(4)8-12/h1-2,11-12H/p-1/b7-3+,8-5-. The molecule has 0 saturated carbocycles. The van der Waals surface area contributed by atoms with Crippen molar-refractivity contribution >= 4 is 0 Å². The van der Waals surface area contributed by atoms with Gasteiger partial charge in [0.25, 0.3) is 0 Å². The monoisotopic (exact) mass is 167 g/mol. The van der Waals surface area contributed by atoms with Crippen LogP contribution >= 0.6 is 0 Å². The Kier molecular flexibility index (Phi) is 2.00. The Morgan fingerprint density at radius 1 is 1.33 bits per heavy atom. The van der Waals surface area contributed by atoms with Crippen LogP contribution < -0.4 is 21.6 Å². The molecule has 0 saturated heterocycles. The normalized spacial score (nSPS) is 13.7. The summed E-state index contributed by atoms with van der Waals surface area (Å²) in [5.41, 5.74) is -1.70. The van der Waals surface area contributed by atoms with E-state index in [9.17, 15) is 14.8 Å². The van der Waals surface area contributed by atoms with E-state index in [0.717, 1.165) is 12.1 Å². The molecule has 62 valence electrons. The molecule has 6 heteroatoms. The second-order valence-electron chi connectivity index (χ2n) is 1.95. The van der Waals surface area contributed by atoms with E-state index in [1.165, 1.54) is 0 Å². The second kappa shape index (κ2) is 2.95. The van der Waals surface area contributed by atoms with Gasteiger partial charge in [-0.25, -0.2) is 0 Å². The minimum absolute atomic E-state index is 0.442. The molecule has 0 aliphatic heterocycles. The summed E-state index contributed by atoms with van der Waals surface area (Å²) in [5, 5.41) is 21.8. The molecule has 0 atom stereocenters. The summed E-state index contributed by atoms with van der Waals surface area (Å²) in [6, 6.07) is 1.92. The SMILES string of the molecule is O=c1cc/c(=N\[O-])c(=O)/c1=N\O. The third-order valence-electron chi connectivity index (χ3n) is 1.27. The van der Waals surface area contributed by atoms with Crippen LogP contribution in [0.3, 0.4) is 0 Å². The van der Waals surface area contributed by atoms with Crippen molar-refractivity contribution in [3.05, 3.63) is 48.5 Å². The van der Waals surface area contributed by atoms with Crippen molar-refractivity contribution in [2.45, 2.75) is 0 Å². The zero-order valence-electron chi connectivity index (χ0n) is 5.72. The van der Waals surface area contributed by atoms with Crippen molar-refractivity contribution in [2.24, 2.45) is 10.3 Å². The first kappa shape index (κ1) is 8.12. The van der Waals surface area contributed by atoms with E-state index in [1.807, 2.05) is 0 Å². The average Bonchev–Trinajstić information content (AvgIpc) is 2.06. The molecule has 1 aromatic rings. The van der Waals surface area contributed by atoms with Crippen molar-refractivity contribution in [1.29, 1.82) is 0 Å². The minimum Gasteiger partial charge on any atom is -0.791 e. The fourth-order valence-electron chi connectivity index (χ4n) is 0.709. The summed E-state index contributed by atoms with van der Waals surface area (Å²) >= 11 is 0. The van der Waals surface area contributed by atoms with Crippen LogP contribution in [0.1, 0.15) is 0 Å². The first-order valence-corrected chi connectivity index (χ1v) is 2.90. The van der Waals surface area contributed by atoms with Crippen LogP contribution in [0.25, 0.3) is 0 Å². The van der Waals surface area contributed by atoms with E-state index in [1.54, 1.807) is 0 Å². The van der Waals surface area contributed by atoms with Gasteiger partial charge in [-0.05, 0) is 12.1 Å². The predicted molar refractivity (Wildman–Crippen MR) is 37.6 cm³/mol. The Hall–Kier alpha value is -1.98. The maximum absolute atomic E-state index is 10.9. The molecule has 0 fully saturated rings. The van der Waals surface area contributed by atoms with Crippen LogP contribution in [-0.4, -0.2) is 5.21 Å². The van der Waals surface area contributed by atoms with Gasteiger partial charge in [-0.1, -0.05) is 5.16 Å². The molecule has 1 N–H and O–H groups in total. The molecule has 0 aliphatic rings. The van der Waals surface area contributed by atoms with Gasteiger partial charge >= 0.3 is 0 Å². The topological polar surface area (TPSA) is 102 Å². The lowest BCUT2D eigenvalue weighted by Gasteiger charge is -1.87. The van der Waals surface area contributed by atoms with Gasteiger partial charge in [0.05, 0.1) is 0 Å². The lowest BCUT2D eigenvalue weighted by Crippen LogP contribution is -2.46. The number of nitrogens with zero attached hydrogens (tertiary/aromatic N) is 2. The zero-order valence-corrected chi connectivity index (χ0v) is 5.72. The molecule has 1 aromatic carbocycles. The molecule has 0 aromatic heterocycles. The van der Waals surface area contributed by atoms with Crippen molar-refractivity contribution in [3.8, 4) is 0 Å². The summed E-state index contributed by atoms with van der Waals surface area (Å²) in [7, 11) is 0. The summed E-state index contributed by atoms with van der Waals surface area (Å²) < 4.78 is 0. The van der Waals surface area contributed by atoms with Gasteiger partial charge in [-0.3, -0.25) is 9.59 Å². The Morgan fingerprint density at radius 3 is 2.50 bits per heavy atom. The Balaban J connectivity index is 3.96. The second-order valence-corrected chi connectivity index (χ2v) is 1.95. The molecule has 0 bridgehead atoms. The van der Waals surface area contributed by atoms with E-state index in [-0.39, 0.29) is 0 Å². The Morgan fingerprint density at radius 2 is 2.00 bits per heavy atom. The van der Waals surface area contributed by atoms with Crippen LogP contribution in [0.4, 0.5) is 0 Å². The first-order valence-electron chi connectivity index (χ1n) is 2.90. The number of hydrogen-bond acceptors (Lipinski definition) is 6. The quantitative estimate of drug-likeness (QED) is 0.355. The molecule has 0 aliphatic carbocycles. The van der Waals surface area contributed by atoms with Crippen LogP contribution in [-0.2, 0) is 0 Å². The molecule has 0 spiro atoms. The molecule has 6 nitrogen and oxygen atoms in total. The van der Waals surface area contributed by atoms with E-state index >= 15 is 0 Å². The summed E-state index contributed by atoms with van der Waals surface area (Å²) in [4.78, 5) is 21.6. The summed E-state index contributed by atoms with van der Waals surface area (Å²) in [6.45, 7) is 0. The molecule has 12 heavy (non-hydrogen) atoms. The highest BCUT2D eigenvalue weighted by atomic mass is 16.4. The van der Waals surface area contributed by atoms with E-state index in [2.05, 4.69) is 10.3 Å². The predicted octanol–water partition coefficient (Wildman–Crippen LogP) is -2.03. The molecule has 1 rings (SSSR count). The van der Waals surface area contributed by atoms with Gasteiger partial charge in [0.15, 0.2) is 5.36 Å². The van der Waals surface area contributed by atoms with E-state index in [0.29, 0.717) is 0 Å². The smallest absolute Gasteiger partial charge is 0.236 e. The van der Waals surface area contributed by atoms with Crippen LogP contribution in [0.15, 0.2) is 32.0 Å². The largest absolute Gasteiger partial charge is 0.791 e. The van der Waals surface area contributed by atoms with Crippen molar-refractivity contribution < 1.29 is 5.21 Å². The molecule has 0 unspecified atom stereocenters. The van der Waals surface area contributed by atoms with Gasteiger partial charge in [-0.2, -0.15) is 0 Å². The van der Waals surface area contributed by atoms with Gasteiger partial charge in [-0.15, -0.1) is 0 Å². The van der Waals surface area contributed by atoms with Gasteiger partial charge in [0.1, 0.15) is 5.36 Å². The van der Waals surface area contributed by atoms with Crippen molar-refractivity contribution in [3.63, 3.8) is 0 Å². The number of rotatable bonds is 0. The number of hydrogen-bond donors (Lipinski definition) is 1. The Bertz CT molecular complexity index is 496. The van der Waals surface area contributed by atoms with E-state index < -0.39 is 21.6 Å². The summed E-state index contributed by atoms with van der Waals surface area (Å²) in [5.74, 6) is 0. The third-order valence-corrected chi connectivity index (χ3v) is 1.27. The molecule has 0 radical (unpaired) electrons. The van der Waals surface area contributed by atoms with Gasteiger partial charge < -0.3 is 15.6 Å². The zero-order chi connectivity index (χ0) is 9.14. The average molecular weight is 167 g/mol. The van der Waals surface area contributed by atoms with Crippen molar-refractivity contribution in [1.82, 2.24) is 0 Å². The summed E-state index contributed by atoms with van der Waals surface area (Å²) in [6.07, 6.45) is 0. The van der Waals surface area contributed by atoms with Crippen LogP contribution in [0.5, 0.6) is 0 Å². The van der Waals surface area contributed by atoms with Crippen molar-refractivity contribution in [2.75, 3.05) is 0 Å². The Labute approximate surface area is 65.0 Å². The number of benzene rings is 1. The minimum atomic E-state index is -0.958. The molecule has 0 heterocycles. The maximum Gasteiger partial charge on any atom is 0.236 e. The molecular formula is C6H3N2O4-. The van der Waals surface area contributed by atoms with Gasteiger partial charge in [0.2, 0.25) is 10.9 Å².